The Morgan fingerprint density at radius 1 is 1.67 bits per heavy atom. The minimum Gasteiger partial charge on any atom is -0.480 e. The molecular formula is C8H9BrClNO3S. The van der Waals surface area contributed by atoms with Gasteiger partial charge in [0.2, 0.25) is 3.78 Å². The van der Waals surface area contributed by atoms with E-state index in [-0.39, 0.29) is 11.3 Å². The molecule has 0 radical (unpaired) electrons. The zero-order chi connectivity index (χ0) is 11.6. The van der Waals surface area contributed by atoms with E-state index in [1.54, 1.807) is 0 Å². The summed E-state index contributed by atoms with van der Waals surface area (Å²) in [6.07, 6.45) is 0. The quantitative estimate of drug-likeness (QED) is 0.588. The second-order valence-electron chi connectivity index (χ2n) is 4.15. The average Bonchev–Trinajstić information content (AvgIpc) is 2.35. The van der Waals surface area contributed by atoms with Crippen LogP contribution in [0.1, 0.15) is 13.8 Å². The molecule has 3 atom stereocenters. The van der Waals surface area contributed by atoms with Crippen LogP contribution in [0.25, 0.3) is 0 Å². The van der Waals surface area contributed by atoms with Gasteiger partial charge in [0.05, 0.1) is 0 Å². The van der Waals surface area contributed by atoms with Gasteiger partial charge in [0.25, 0.3) is 5.91 Å². The van der Waals surface area contributed by atoms with E-state index in [9.17, 15) is 9.59 Å². The summed E-state index contributed by atoms with van der Waals surface area (Å²) in [4.78, 5) is 24.1. The summed E-state index contributed by atoms with van der Waals surface area (Å²) in [6, 6.07) is -0.801. The molecule has 84 valence electrons. The van der Waals surface area contributed by atoms with Crippen LogP contribution in [0.4, 0.5) is 0 Å². The number of aliphatic carboxylic acids is 1. The average molecular weight is 315 g/mol. The molecule has 0 spiro atoms. The molecule has 7 heteroatoms. The Morgan fingerprint density at radius 3 is 2.67 bits per heavy atom. The number of carbonyl (C=O) groups excluding carboxylic acids is 1. The number of carbonyl (C=O) groups is 2. The lowest BCUT2D eigenvalue weighted by Gasteiger charge is -2.45. The molecule has 4 nitrogen and oxygen atoms in total. The highest BCUT2D eigenvalue weighted by atomic mass is 79.9. The van der Waals surface area contributed by atoms with E-state index in [0.29, 0.717) is 0 Å². The fourth-order valence-electron chi connectivity index (χ4n) is 1.98. The zero-order valence-electron chi connectivity index (χ0n) is 8.03. The van der Waals surface area contributed by atoms with Crippen LogP contribution in [-0.2, 0) is 9.59 Å². The number of thioether (sulfide) groups is 1. The number of amides is 1. The summed E-state index contributed by atoms with van der Waals surface area (Å²) >= 11 is 10.5. The maximum Gasteiger partial charge on any atom is 0.327 e. The second-order valence-corrected chi connectivity index (χ2v) is 8.19. The molecule has 2 rings (SSSR count). The van der Waals surface area contributed by atoms with E-state index >= 15 is 0 Å². The van der Waals surface area contributed by atoms with E-state index in [0.717, 1.165) is 0 Å². The van der Waals surface area contributed by atoms with Crippen molar-refractivity contribution in [3.8, 4) is 0 Å². The van der Waals surface area contributed by atoms with E-state index in [1.165, 1.54) is 16.7 Å². The van der Waals surface area contributed by atoms with E-state index in [1.807, 2.05) is 13.8 Å². The van der Waals surface area contributed by atoms with Crippen LogP contribution in [0, 0.1) is 0 Å². The van der Waals surface area contributed by atoms with Gasteiger partial charge in [-0.15, -0.1) is 11.8 Å². The fraction of sp³-hybridized carbons (Fsp3) is 0.750. The molecule has 0 aliphatic carbocycles. The van der Waals surface area contributed by atoms with E-state index in [4.69, 9.17) is 16.7 Å². The van der Waals surface area contributed by atoms with Gasteiger partial charge >= 0.3 is 5.97 Å². The van der Waals surface area contributed by atoms with Gasteiger partial charge in [-0.2, -0.15) is 0 Å². The van der Waals surface area contributed by atoms with Crippen LogP contribution in [0.3, 0.4) is 0 Å². The molecule has 2 saturated heterocycles. The largest absolute Gasteiger partial charge is 0.480 e. The Kier molecular flexibility index (Phi) is 2.34. The highest BCUT2D eigenvalue weighted by Crippen LogP contribution is 2.59. The van der Waals surface area contributed by atoms with Gasteiger partial charge in [-0.25, -0.2) is 4.79 Å². The van der Waals surface area contributed by atoms with Crippen molar-refractivity contribution in [1.29, 1.82) is 0 Å². The van der Waals surface area contributed by atoms with Crippen molar-refractivity contribution in [1.82, 2.24) is 4.90 Å². The van der Waals surface area contributed by atoms with Crippen molar-refractivity contribution in [2.45, 2.75) is 33.8 Å². The third-order valence-electron chi connectivity index (χ3n) is 2.67. The van der Waals surface area contributed by atoms with E-state index < -0.39 is 20.5 Å². The summed E-state index contributed by atoms with van der Waals surface area (Å²) in [5, 5.41) is 8.79. The van der Waals surface area contributed by atoms with Crippen LogP contribution in [0.5, 0.6) is 0 Å². The maximum absolute atomic E-state index is 11.6. The molecule has 0 bridgehead atoms. The number of carboxylic acids is 1. The lowest BCUT2D eigenvalue weighted by Crippen LogP contribution is -2.68. The smallest absolute Gasteiger partial charge is 0.327 e. The highest BCUT2D eigenvalue weighted by molar-refractivity contribution is 9.11. The van der Waals surface area contributed by atoms with Gasteiger partial charge in [0, 0.05) is 4.75 Å². The molecule has 0 aromatic rings. The monoisotopic (exact) mass is 313 g/mol. The number of hydrogen-bond acceptors (Lipinski definition) is 3. The van der Waals surface area contributed by atoms with Crippen molar-refractivity contribution < 1.29 is 14.7 Å². The number of nitrogens with zero attached hydrogens (tertiary/aromatic N) is 1. The summed E-state index contributed by atoms with van der Waals surface area (Å²) in [5.41, 5.74) is 0. The number of halogens is 2. The van der Waals surface area contributed by atoms with Crippen molar-refractivity contribution in [3.05, 3.63) is 0 Å². The molecule has 2 aliphatic heterocycles. The van der Waals surface area contributed by atoms with Gasteiger partial charge in [0.15, 0.2) is 0 Å². The second kappa shape index (κ2) is 3.05. The standard InChI is InChI=1S/C8H9BrClNO3S/c1-7(2)3(4(12)13)11-5(14)8(9,10)6(11)15-7/h3,6H,1-2H3,(H,12,13)/t3-,6+,8?/m0/s1. The van der Waals surface area contributed by atoms with Crippen LogP contribution < -0.4 is 0 Å². The number of hydrogen-bond donors (Lipinski definition) is 1. The summed E-state index contributed by atoms with van der Waals surface area (Å²) in [6.45, 7) is 3.62. The lowest BCUT2D eigenvalue weighted by atomic mass is 9.98. The van der Waals surface area contributed by atoms with Crippen molar-refractivity contribution in [2.75, 3.05) is 0 Å². The molecule has 2 fully saturated rings. The van der Waals surface area contributed by atoms with Crippen molar-refractivity contribution in [3.63, 3.8) is 0 Å². The SMILES string of the molecule is CC1(C)S[C@H]2N(C(=O)C2(Cl)Br)[C@H]1C(=O)O. The first-order chi connectivity index (χ1) is 6.69. The first kappa shape index (κ1) is 11.5. The normalized spacial score (nSPS) is 42.4. The summed E-state index contributed by atoms with van der Waals surface area (Å²) < 4.78 is -1.64. The Labute approximate surface area is 104 Å². The first-order valence-electron chi connectivity index (χ1n) is 4.31. The van der Waals surface area contributed by atoms with Crippen molar-refractivity contribution >= 4 is 51.2 Å². The lowest BCUT2D eigenvalue weighted by molar-refractivity contribution is -0.157. The Morgan fingerprint density at radius 2 is 2.20 bits per heavy atom. The number of rotatable bonds is 1. The molecule has 1 unspecified atom stereocenters. The van der Waals surface area contributed by atoms with E-state index in [2.05, 4.69) is 15.9 Å². The Hall–Kier alpha value is 0.0600. The van der Waals surface area contributed by atoms with Crippen LogP contribution >= 0.6 is 39.3 Å². The fourth-order valence-corrected chi connectivity index (χ4v) is 4.52. The number of alkyl halides is 2. The maximum atomic E-state index is 11.6. The third kappa shape index (κ3) is 1.34. The van der Waals surface area contributed by atoms with Crippen LogP contribution in [0.2, 0.25) is 0 Å². The molecule has 2 heterocycles. The number of carboxylic acid groups (broad SMARTS) is 1. The molecule has 0 aromatic heterocycles. The number of β-lactam (4-membered cyclic amide) rings is 1. The molecule has 0 aromatic carbocycles. The molecule has 1 amide bonds. The van der Waals surface area contributed by atoms with Gasteiger partial charge in [0.1, 0.15) is 11.4 Å². The van der Waals surface area contributed by atoms with Gasteiger partial charge < -0.3 is 10.0 Å². The molecule has 0 saturated carbocycles. The molecular weight excluding hydrogens is 306 g/mol. The third-order valence-corrected chi connectivity index (χ3v) is 5.88. The van der Waals surface area contributed by atoms with Crippen molar-refractivity contribution in [2.24, 2.45) is 0 Å². The van der Waals surface area contributed by atoms with Gasteiger partial charge in [-0.3, -0.25) is 4.79 Å². The Bertz CT molecular complexity index is 360. The summed E-state index contributed by atoms with van der Waals surface area (Å²) in [5.74, 6) is -1.34. The van der Waals surface area contributed by atoms with Crippen LogP contribution in [-0.4, -0.2) is 41.8 Å². The molecule has 1 N–H and O–H groups in total. The minimum absolute atomic E-state index is 0.303. The predicted octanol–water partition coefficient (Wildman–Crippen LogP) is 1.46. The summed E-state index contributed by atoms with van der Waals surface area (Å²) in [7, 11) is 0. The molecule has 2 aliphatic rings. The first-order valence-corrected chi connectivity index (χ1v) is 6.36. The zero-order valence-corrected chi connectivity index (χ0v) is 11.2. The highest BCUT2D eigenvalue weighted by Gasteiger charge is 2.70. The van der Waals surface area contributed by atoms with Crippen LogP contribution in [0.15, 0.2) is 0 Å². The topological polar surface area (TPSA) is 57.6 Å². The number of fused-ring (bicyclic) bond motifs is 1. The van der Waals surface area contributed by atoms with Gasteiger partial charge in [-0.05, 0) is 13.8 Å². The predicted molar refractivity (Wildman–Crippen MR) is 61.2 cm³/mol. The molecule has 15 heavy (non-hydrogen) atoms. The minimum atomic E-state index is -1.13. The Balaban J connectivity index is 2.37. The van der Waals surface area contributed by atoms with Gasteiger partial charge in [-0.1, -0.05) is 27.5 Å².